The van der Waals surface area contributed by atoms with Crippen molar-refractivity contribution in [2.45, 2.75) is 26.4 Å². The van der Waals surface area contributed by atoms with Gasteiger partial charge in [0, 0.05) is 10.0 Å². The summed E-state index contributed by atoms with van der Waals surface area (Å²) >= 11 is 4.61. The summed E-state index contributed by atoms with van der Waals surface area (Å²) in [6, 6.07) is 19.9. The van der Waals surface area contributed by atoms with Gasteiger partial charge in [-0.3, -0.25) is 14.2 Å². The molecule has 0 saturated heterocycles. The van der Waals surface area contributed by atoms with Crippen molar-refractivity contribution in [1.29, 1.82) is 0 Å². The molecule has 4 aromatic rings. The van der Waals surface area contributed by atoms with Gasteiger partial charge in [0.2, 0.25) is 0 Å². The average molecular weight is 633 g/mol. The Kier molecular flexibility index (Phi) is 7.04. The summed E-state index contributed by atoms with van der Waals surface area (Å²) in [5.74, 6) is -1.35. The van der Waals surface area contributed by atoms with Crippen molar-refractivity contribution >= 4 is 50.4 Å². The van der Waals surface area contributed by atoms with Crippen LogP contribution in [0.5, 0.6) is 0 Å². The normalized spacial score (nSPS) is 17.3. The van der Waals surface area contributed by atoms with E-state index in [2.05, 4.69) is 20.9 Å². The first-order chi connectivity index (χ1) is 19.8. The van der Waals surface area contributed by atoms with E-state index in [0.29, 0.717) is 33.9 Å². The maximum atomic E-state index is 14.3. The number of hydrogen-bond acceptors (Lipinski definition) is 6. The van der Waals surface area contributed by atoms with Gasteiger partial charge in [-0.25, -0.2) is 14.2 Å². The molecular formula is C31H23BrFN3O4S. The molecule has 1 amide bonds. The van der Waals surface area contributed by atoms with Crippen molar-refractivity contribution in [2.24, 2.45) is 4.99 Å². The minimum atomic E-state index is -0.904. The fourth-order valence-corrected chi connectivity index (χ4v) is 6.75. The molecule has 1 aromatic heterocycles. The largest absolute Gasteiger partial charge is 0.463 e. The summed E-state index contributed by atoms with van der Waals surface area (Å²) in [5.41, 5.74) is 3.19. The molecule has 3 aromatic carbocycles. The number of nitrogens with zero attached hydrogens (tertiary/aromatic N) is 3. The summed E-state index contributed by atoms with van der Waals surface area (Å²) in [6.07, 6.45) is 0. The predicted octanol–water partition coefficient (Wildman–Crippen LogP) is 4.62. The first-order valence-electron chi connectivity index (χ1n) is 12.9. The summed E-state index contributed by atoms with van der Waals surface area (Å²) < 4.78 is 21.6. The molecule has 3 heterocycles. The zero-order valence-corrected chi connectivity index (χ0v) is 24.5. The van der Waals surface area contributed by atoms with E-state index in [1.807, 2.05) is 48.5 Å². The Bertz CT molecular complexity index is 1930. The van der Waals surface area contributed by atoms with Crippen molar-refractivity contribution in [2.75, 3.05) is 11.5 Å². The first kappa shape index (κ1) is 27.0. The van der Waals surface area contributed by atoms with Gasteiger partial charge in [-0.1, -0.05) is 69.7 Å². The van der Waals surface area contributed by atoms with E-state index in [9.17, 15) is 18.8 Å². The van der Waals surface area contributed by atoms with E-state index >= 15 is 0 Å². The number of aromatic nitrogens is 1. The maximum absolute atomic E-state index is 14.3. The second-order valence-corrected chi connectivity index (χ2v) is 11.5. The molecule has 7 nitrogen and oxygen atoms in total. The van der Waals surface area contributed by atoms with Crippen LogP contribution in [0.25, 0.3) is 5.57 Å². The topological polar surface area (TPSA) is 81.0 Å². The number of ether oxygens (including phenoxy) is 1. The van der Waals surface area contributed by atoms with E-state index in [0.717, 1.165) is 21.4 Å². The highest BCUT2D eigenvalue weighted by molar-refractivity contribution is 9.10. The van der Waals surface area contributed by atoms with Crippen molar-refractivity contribution in [3.63, 3.8) is 0 Å². The van der Waals surface area contributed by atoms with E-state index in [1.165, 1.54) is 28.8 Å². The van der Waals surface area contributed by atoms with Crippen LogP contribution < -0.4 is 19.8 Å². The molecule has 6 rings (SSSR count). The molecule has 0 unspecified atom stereocenters. The molecule has 41 heavy (non-hydrogen) atoms. The van der Waals surface area contributed by atoms with Gasteiger partial charge < -0.3 is 9.64 Å². The third-order valence-electron chi connectivity index (χ3n) is 7.07. The Balaban J connectivity index is 1.60. The number of halogens is 2. The molecule has 1 atom stereocenters. The monoisotopic (exact) mass is 631 g/mol. The van der Waals surface area contributed by atoms with E-state index in [-0.39, 0.29) is 28.2 Å². The van der Waals surface area contributed by atoms with Crippen molar-refractivity contribution in [3.8, 4) is 0 Å². The highest BCUT2D eigenvalue weighted by atomic mass is 79.9. The average Bonchev–Trinajstić information content (AvgIpc) is 3.41. The van der Waals surface area contributed by atoms with Crippen LogP contribution in [0.1, 0.15) is 36.6 Å². The van der Waals surface area contributed by atoms with E-state index < -0.39 is 23.4 Å². The Morgan fingerprint density at radius 3 is 2.51 bits per heavy atom. The molecule has 2 aliphatic rings. The second kappa shape index (κ2) is 10.7. The van der Waals surface area contributed by atoms with Gasteiger partial charge in [0.1, 0.15) is 10.3 Å². The molecule has 0 N–H and O–H groups in total. The molecular weight excluding hydrogens is 609 g/mol. The highest BCUT2D eigenvalue weighted by Gasteiger charge is 2.37. The van der Waals surface area contributed by atoms with Crippen molar-refractivity contribution in [1.82, 2.24) is 4.57 Å². The smallest absolute Gasteiger partial charge is 0.338 e. The van der Waals surface area contributed by atoms with Gasteiger partial charge in [-0.05, 0) is 55.3 Å². The van der Waals surface area contributed by atoms with Gasteiger partial charge in [0.05, 0.1) is 41.7 Å². The molecule has 10 heteroatoms. The zero-order valence-electron chi connectivity index (χ0n) is 22.1. The van der Waals surface area contributed by atoms with Gasteiger partial charge in [-0.15, -0.1) is 0 Å². The van der Waals surface area contributed by atoms with E-state index in [1.54, 1.807) is 18.7 Å². The number of allylic oxidation sites excluding steroid dienone is 1. The third-order valence-corrected chi connectivity index (χ3v) is 8.61. The Morgan fingerprint density at radius 2 is 1.80 bits per heavy atom. The van der Waals surface area contributed by atoms with E-state index in [4.69, 9.17) is 4.74 Å². The molecule has 0 bridgehead atoms. The zero-order chi connectivity index (χ0) is 28.8. The molecule has 0 radical (unpaired) electrons. The van der Waals surface area contributed by atoms with Crippen LogP contribution in [-0.2, 0) is 20.9 Å². The number of carbonyl (C=O) groups is 2. The van der Waals surface area contributed by atoms with Crippen molar-refractivity contribution < 1.29 is 18.7 Å². The molecule has 206 valence electrons. The molecule has 2 aliphatic heterocycles. The molecule has 0 spiro atoms. The summed E-state index contributed by atoms with van der Waals surface area (Å²) in [6.45, 7) is 3.84. The highest BCUT2D eigenvalue weighted by Crippen LogP contribution is 2.38. The summed E-state index contributed by atoms with van der Waals surface area (Å²) in [5, 5.41) is 0. The lowest BCUT2D eigenvalue weighted by atomic mass is 9.96. The van der Waals surface area contributed by atoms with Gasteiger partial charge in [0.25, 0.3) is 11.5 Å². The molecule has 0 fully saturated rings. The van der Waals surface area contributed by atoms with Gasteiger partial charge in [0.15, 0.2) is 4.80 Å². The minimum Gasteiger partial charge on any atom is -0.463 e. The van der Waals surface area contributed by atoms with Crippen LogP contribution in [0, 0.1) is 5.82 Å². The Labute approximate surface area is 246 Å². The number of rotatable bonds is 5. The second-order valence-electron chi connectivity index (χ2n) is 9.59. The predicted molar refractivity (Wildman–Crippen MR) is 158 cm³/mol. The fraction of sp³-hybridized carbons (Fsp3) is 0.161. The van der Waals surface area contributed by atoms with Gasteiger partial charge >= 0.3 is 5.97 Å². The molecule has 0 saturated carbocycles. The van der Waals surface area contributed by atoms with Crippen LogP contribution in [-0.4, -0.2) is 23.1 Å². The van der Waals surface area contributed by atoms with Crippen LogP contribution in [0.15, 0.2) is 98.3 Å². The SMILES string of the molecule is CCOC(=O)C1=C(C)N=c2s/c(=C3\C(=O)N(Cc4ccccc4)c4ccc(Br)cc43)c(=O)n2[C@H]1c1ccc(F)cc1. The fourth-order valence-electron chi connectivity index (χ4n) is 5.25. The standard InChI is InChI=1S/C31H23BrFN3O4S/c1-3-40-30(39)24-17(2)34-31-36(26(24)19-9-12-21(33)13-10-19)29(38)27(41-31)25-22-15-20(32)11-14-23(22)35(28(25)37)16-18-7-5-4-6-8-18/h4-15,26H,3,16H2,1-2H3/b27-25-/t26-/m0/s1. The summed E-state index contributed by atoms with van der Waals surface area (Å²) in [7, 11) is 0. The first-order valence-corrected chi connectivity index (χ1v) is 14.5. The number of amides is 1. The number of benzene rings is 3. The third kappa shape index (κ3) is 4.66. The van der Waals surface area contributed by atoms with Crippen LogP contribution in [0.4, 0.5) is 10.1 Å². The van der Waals surface area contributed by atoms with Crippen LogP contribution in [0.3, 0.4) is 0 Å². The van der Waals surface area contributed by atoms with Crippen molar-refractivity contribution in [3.05, 3.63) is 131 Å². The lowest BCUT2D eigenvalue weighted by Gasteiger charge is -2.24. The number of hydrogen-bond donors (Lipinski definition) is 0. The van der Waals surface area contributed by atoms with Gasteiger partial charge in [-0.2, -0.15) is 0 Å². The quantitative estimate of drug-likeness (QED) is 0.301. The number of anilines is 1. The molecule has 0 aliphatic carbocycles. The maximum Gasteiger partial charge on any atom is 0.338 e. The van der Waals surface area contributed by atoms with Crippen LogP contribution in [0.2, 0.25) is 0 Å². The Hall–Kier alpha value is -4.15. The summed E-state index contributed by atoms with van der Waals surface area (Å²) in [4.78, 5) is 48.0. The minimum absolute atomic E-state index is 0.137. The lowest BCUT2D eigenvalue weighted by Crippen LogP contribution is -2.41. The lowest BCUT2D eigenvalue weighted by molar-refractivity contribution is -0.139. The number of fused-ring (bicyclic) bond motifs is 2. The number of esters is 1. The van der Waals surface area contributed by atoms with Crippen LogP contribution >= 0.6 is 27.3 Å². The number of thiazole rings is 1. The number of carbonyl (C=O) groups excluding carboxylic acids is 2. The Morgan fingerprint density at radius 1 is 1.07 bits per heavy atom.